The fraction of sp³-hybridized carbons (Fsp3) is 0.314. The molecule has 13 heteroatoms. The van der Waals surface area contributed by atoms with E-state index in [2.05, 4.69) is 21.8 Å². The maximum atomic E-state index is 11.8. The standard InChI is InChI=1S/C18H19N3O3.C17H19ClN2O4/c1-13-11-21(18(24)20-17(13)23)12-15-9-7-14(8-10-15)5-3-2-4-6-16(19)22;18-14-11-20(17(24)19-16(14)23)10-13-8-6-12(7-9-13)4-2-1-3-5-15(21)22/h7-11H,2,4,6,12H2,1H3,(H2,19,22)(H,20,23,24);6-9,11H,1-5,10H2,(H,21,22)(H,19,23,24). The van der Waals surface area contributed by atoms with E-state index in [0.717, 1.165) is 36.0 Å². The molecule has 1 amide bonds. The second-order valence-electron chi connectivity index (χ2n) is 11.2. The molecule has 0 spiro atoms. The van der Waals surface area contributed by atoms with E-state index >= 15 is 0 Å². The molecule has 2 aromatic heterocycles. The zero-order chi connectivity index (χ0) is 35.1. The number of aromatic nitrogens is 4. The molecule has 5 N–H and O–H groups in total. The third-order valence-electron chi connectivity index (χ3n) is 7.15. The number of rotatable bonds is 13. The van der Waals surface area contributed by atoms with Gasteiger partial charge in [0.1, 0.15) is 5.02 Å². The first-order chi connectivity index (χ1) is 22.9. The molecule has 0 aliphatic rings. The van der Waals surface area contributed by atoms with Crippen molar-refractivity contribution in [3.63, 3.8) is 0 Å². The Balaban J connectivity index is 0.000000260. The van der Waals surface area contributed by atoms with E-state index in [1.54, 1.807) is 13.1 Å². The molecule has 252 valence electrons. The molecule has 0 aliphatic carbocycles. The highest BCUT2D eigenvalue weighted by molar-refractivity contribution is 6.30. The zero-order valence-electron chi connectivity index (χ0n) is 26.6. The molecule has 12 nitrogen and oxygen atoms in total. The van der Waals surface area contributed by atoms with Gasteiger partial charge in [-0.1, -0.05) is 66.3 Å². The van der Waals surface area contributed by atoms with Gasteiger partial charge in [-0.3, -0.25) is 38.3 Å². The fourth-order valence-corrected chi connectivity index (χ4v) is 4.70. The quantitative estimate of drug-likeness (QED) is 0.123. The summed E-state index contributed by atoms with van der Waals surface area (Å²) < 4.78 is 2.81. The second-order valence-corrected chi connectivity index (χ2v) is 11.6. The van der Waals surface area contributed by atoms with Gasteiger partial charge in [-0.2, -0.15) is 0 Å². The molecule has 48 heavy (non-hydrogen) atoms. The van der Waals surface area contributed by atoms with Gasteiger partial charge in [0, 0.05) is 42.8 Å². The zero-order valence-corrected chi connectivity index (χ0v) is 27.3. The van der Waals surface area contributed by atoms with Crippen molar-refractivity contribution < 1.29 is 14.7 Å². The van der Waals surface area contributed by atoms with Gasteiger partial charge < -0.3 is 10.8 Å². The Morgan fingerprint density at radius 3 is 1.94 bits per heavy atom. The van der Waals surface area contributed by atoms with Crippen molar-refractivity contribution in [2.75, 3.05) is 0 Å². The Kier molecular flexibility index (Phi) is 14.4. The number of H-pyrrole nitrogens is 2. The number of carboxylic acid groups (broad SMARTS) is 1. The first-order valence-electron chi connectivity index (χ1n) is 15.4. The predicted molar refractivity (Wildman–Crippen MR) is 183 cm³/mol. The Labute approximate surface area is 281 Å². The number of aromatic amines is 2. The van der Waals surface area contributed by atoms with Gasteiger partial charge in [0.05, 0.1) is 13.1 Å². The van der Waals surface area contributed by atoms with Gasteiger partial charge in [0.2, 0.25) is 5.91 Å². The number of nitrogens with zero attached hydrogens (tertiary/aromatic N) is 2. The first kappa shape index (κ1) is 37.1. The summed E-state index contributed by atoms with van der Waals surface area (Å²) in [5.41, 5.74) is 7.58. The molecule has 0 radical (unpaired) electrons. The van der Waals surface area contributed by atoms with Crippen LogP contribution in [0, 0.1) is 18.8 Å². The van der Waals surface area contributed by atoms with Crippen molar-refractivity contribution >= 4 is 23.5 Å². The van der Waals surface area contributed by atoms with E-state index in [0.29, 0.717) is 44.3 Å². The van der Waals surface area contributed by atoms with Crippen molar-refractivity contribution in [3.05, 3.63) is 135 Å². The van der Waals surface area contributed by atoms with Crippen LogP contribution in [0.25, 0.3) is 0 Å². The van der Waals surface area contributed by atoms with E-state index in [1.807, 2.05) is 48.5 Å². The fourth-order valence-electron chi connectivity index (χ4n) is 4.53. The summed E-state index contributed by atoms with van der Waals surface area (Å²) in [4.78, 5) is 71.6. The molecule has 0 saturated carbocycles. The number of halogens is 1. The number of nitrogens with one attached hydrogen (secondary N) is 2. The maximum Gasteiger partial charge on any atom is 0.328 e. The van der Waals surface area contributed by atoms with E-state index in [-0.39, 0.29) is 22.9 Å². The van der Waals surface area contributed by atoms with Gasteiger partial charge in [0.25, 0.3) is 11.1 Å². The van der Waals surface area contributed by atoms with Crippen LogP contribution in [0.3, 0.4) is 0 Å². The monoisotopic (exact) mass is 675 g/mol. The Hall–Kier alpha value is -5.41. The van der Waals surface area contributed by atoms with Crippen LogP contribution in [0.15, 0.2) is 80.1 Å². The van der Waals surface area contributed by atoms with Crippen LogP contribution >= 0.6 is 11.6 Å². The predicted octanol–water partition coefficient (Wildman–Crippen LogP) is 3.33. The van der Waals surface area contributed by atoms with Crippen LogP contribution in [0.1, 0.15) is 72.8 Å². The lowest BCUT2D eigenvalue weighted by Crippen LogP contribution is -2.31. The number of carbonyl (C=O) groups is 2. The lowest BCUT2D eigenvalue weighted by atomic mass is 10.0. The average Bonchev–Trinajstić information content (AvgIpc) is 3.04. The average molecular weight is 676 g/mol. The van der Waals surface area contributed by atoms with Crippen molar-refractivity contribution in [1.82, 2.24) is 19.1 Å². The number of carbonyl (C=O) groups excluding carboxylic acids is 1. The van der Waals surface area contributed by atoms with Crippen molar-refractivity contribution in [2.24, 2.45) is 5.73 Å². The molecule has 0 aliphatic heterocycles. The molecule has 0 atom stereocenters. The summed E-state index contributed by atoms with van der Waals surface area (Å²) in [5, 5.41) is 8.56. The van der Waals surface area contributed by atoms with Gasteiger partial charge in [0.15, 0.2) is 0 Å². The number of primary amides is 1. The third-order valence-corrected chi connectivity index (χ3v) is 7.42. The van der Waals surface area contributed by atoms with E-state index in [9.17, 15) is 28.8 Å². The van der Waals surface area contributed by atoms with Crippen LogP contribution in [-0.2, 0) is 29.1 Å². The number of aliphatic carboxylic acids is 1. The van der Waals surface area contributed by atoms with E-state index in [1.165, 1.54) is 20.9 Å². The molecular weight excluding hydrogens is 638 g/mol. The summed E-state index contributed by atoms with van der Waals surface area (Å²) in [6.07, 6.45) is 8.16. The molecule has 0 bridgehead atoms. The van der Waals surface area contributed by atoms with Crippen LogP contribution in [0.5, 0.6) is 0 Å². The number of unbranched alkanes of at least 4 members (excludes halogenated alkanes) is 3. The lowest BCUT2D eigenvalue weighted by molar-refractivity contribution is -0.137. The van der Waals surface area contributed by atoms with Gasteiger partial charge in [-0.15, -0.1) is 0 Å². The molecule has 0 saturated heterocycles. The molecule has 2 aromatic carbocycles. The number of hydrogen-bond donors (Lipinski definition) is 4. The van der Waals surface area contributed by atoms with E-state index < -0.39 is 22.9 Å². The van der Waals surface area contributed by atoms with Crippen LogP contribution < -0.4 is 28.2 Å². The summed E-state index contributed by atoms with van der Waals surface area (Å²) in [7, 11) is 0. The minimum Gasteiger partial charge on any atom is -0.481 e. The Bertz CT molecular complexity index is 2000. The van der Waals surface area contributed by atoms with Crippen molar-refractivity contribution in [2.45, 2.75) is 71.4 Å². The number of benzene rings is 2. The normalized spacial score (nSPS) is 10.4. The largest absolute Gasteiger partial charge is 0.481 e. The number of nitrogens with two attached hydrogens (primary N) is 1. The molecule has 0 unspecified atom stereocenters. The Morgan fingerprint density at radius 1 is 0.771 bits per heavy atom. The highest BCUT2D eigenvalue weighted by Gasteiger charge is 2.05. The number of amides is 1. The number of hydrogen-bond acceptors (Lipinski definition) is 6. The number of carboxylic acids is 1. The molecule has 0 fully saturated rings. The smallest absolute Gasteiger partial charge is 0.328 e. The van der Waals surface area contributed by atoms with Crippen LogP contribution in [0.2, 0.25) is 5.02 Å². The molecule has 4 rings (SSSR count). The maximum absolute atomic E-state index is 11.8. The summed E-state index contributed by atoms with van der Waals surface area (Å²) in [5.74, 6) is 4.95. The molecule has 4 aromatic rings. The van der Waals surface area contributed by atoms with Gasteiger partial charge in [-0.25, -0.2) is 9.59 Å². The van der Waals surface area contributed by atoms with Gasteiger partial charge in [-0.05, 0) is 61.4 Å². The SMILES string of the molecule is Cc1cn(Cc2ccc(C#CCCCC(N)=O)cc2)c(=O)[nH]c1=O.O=C(O)CCCCCc1ccc(Cn2cc(Cl)c(=O)[nH]c2=O)cc1. The van der Waals surface area contributed by atoms with Crippen molar-refractivity contribution in [3.8, 4) is 11.8 Å². The van der Waals surface area contributed by atoms with Gasteiger partial charge >= 0.3 is 17.3 Å². The summed E-state index contributed by atoms with van der Waals surface area (Å²) in [6, 6.07) is 15.4. The third kappa shape index (κ3) is 12.8. The number of aryl methyl sites for hydroxylation is 2. The van der Waals surface area contributed by atoms with E-state index in [4.69, 9.17) is 22.4 Å². The first-order valence-corrected chi connectivity index (χ1v) is 15.7. The van der Waals surface area contributed by atoms with Crippen molar-refractivity contribution in [1.29, 1.82) is 0 Å². The topological polar surface area (TPSA) is 190 Å². The summed E-state index contributed by atoms with van der Waals surface area (Å²) >= 11 is 5.74. The minimum absolute atomic E-state index is 0.0208. The highest BCUT2D eigenvalue weighted by Crippen LogP contribution is 2.11. The molecule has 2 heterocycles. The summed E-state index contributed by atoms with van der Waals surface area (Å²) in [6.45, 7) is 2.36. The lowest BCUT2D eigenvalue weighted by Gasteiger charge is -2.07. The molecular formula is C35H38ClN5O7. The Morgan fingerprint density at radius 2 is 1.33 bits per heavy atom. The highest BCUT2D eigenvalue weighted by atomic mass is 35.5. The van der Waals surface area contributed by atoms with Crippen LogP contribution in [-0.4, -0.2) is 36.1 Å². The minimum atomic E-state index is -0.753. The second kappa shape index (κ2) is 18.7. The van der Waals surface area contributed by atoms with Crippen LogP contribution in [0.4, 0.5) is 0 Å².